The molecule has 0 fully saturated rings. The summed E-state index contributed by atoms with van der Waals surface area (Å²) < 4.78 is 22.8. The maximum Gasteiger partial charge on any atom is 0.230 e. The molecule has 0 N–H and O–H groups in total. The molecule has 0 spiro atoms. The highest BCUT2D eigenvalue weighted by Crippen LogP contribution is 2.23. The Morgan fingerprint density at radius 2 is 1.68 bits per heavy atom. The standard InChI is InChI=1S/C17H27NO3S/c1-13-7-9-15(10-8-13)14(2)16(19)18(17(3,4)5)11-12-22(6,20)21/h7-10,14H,11-12H2,1-6H3/t14-/m0/s1. The van der Waals surface area contributed by atoms with Gasteiger partial charge in [0.2, 0.25) is 5.91 Å². The van der Waals surface area contributed by atoms with Gasteiger partial charge in [-0.15, -0.1) is 0 Å². The van der Waals surface area contributed by atoms with Gasteiger partial charge in [-0.2, -0.15) is 0 Å². The summed E-state index contributed by atoms with van der Waals surface area (Å²) in [6, 6.07) is 7.87. The lowest BCUT2D eigenvalue weighted by Gasteiger charge is -2.37. The van der Waals surface area contributed by atoms with Gasteiger partial charge in [-0.1, -0.05) is 29.8 Å². The Morgan fingerprint density at radius 1 is 1.18 bits per heavy atom. The summed E-state index contributed by atoms with van der Waals surface area (Å²) in [5.74, 6) is -0.351. The smallest absolute Gasteiger partial charge is 0.230 e. The molecule has 0 unspecified atom stereocenters. The largest absolute Gasteiger partial charge is 0.336 e. The van der Waals surface area contributed by atoms with E-state index >= 15 is 0 Å². The van der Waals surface area contributed by atoms with E-state index in [2.05, 4.69) is 0 Å². The van der Waals surface area contributed by atoms with Gasteiger partial charge >= 0.3 is 0 Å². The van der Waals surface area contributed by atoms with Crippen molar-refractivity contribution < 1.29 is 13.2 Å². The zero-order chi connectivity index (χ0) is 17.1. The van der Waals surface area contributed by atoms with Gasteiger partial charge in [-0.3, -0.25) is 4.79 Å². The lowest BCUT2D eigenvalue weighted by atomic mass is 9.96. The number of nitrogens with zero attached hydrogens (tertiary/aromatic N) is 1. The van der Waals surface area contributed by atoms with E-state index in [0.717, 1.165) is 11.1 Å². The molecule has 0 bridgehead atoms. The second kappa shape index (κ2) is 6.82. The van der Waals surface area contributed by atoms with Crippen molar-refractivity contribution in [2.75, 3.05) is 18.6 Å². The minimum absolute atomic E-state index is 0.0172. The molecule has 1 aromatic rings. The Bertz CT molecular complexity index is 612. The average Bonchev–Trinajstić information content (AvgIpc) is 2.35. The fourth-order valence-corrected chi connectivity index (χ4v) is 2.78. The molecule has 0 aromatic heterocycles. The van der Waals surface area contributed by atoms with Gasteiger partial charge in [-0.05, 0) is 40.2 Å². The maximum atomic E-state index is 12.8. The van der Waals surface area contributed by atoms with Crippen LogP contribution in [0.4, 0.5) is 0 Å². The molecule has 0 radical (unpaired) electrons. The summed E-state index contributed by atoms with van der Waals surface area (Å²) in [6.07, 6.45) is 1.20. The lowest BCUT2D eigenvalue weighted by molar-refractivity contribution is -0.136. The van der Waals surface area contributed by atoms with E-state index in [1.54, 1.807) is 4.90 Å². The molecule has 0 saturated heterocycles. The van der Waals surface area contributed by atoms with Crippen LogP contribution in [-0.2, 0) is 14.6 Å². The van der Waals surface area contributed by atoms with Gasteiger partial charge in [0.25, 0.3) is 0 Å². The average molecular weight is 325 g/mol. The normalized spacial score (nSPS) is 13.7. The fraction of sp³-hybridized carbons (Fsp3) is 0.588. The first kappa shape index (κ1) is 18.7. The number of aryl methyl sites for hydroxylation is 1. The van der Waals surface area contributed by atoms with E-state index in [-0.39, 0.29) is 24.1 Å². The molecule has 0 aliphatic heterocycles. The second-order valence-electron chi connectivity index (χ2n) is 6.92. The van der Waals surface area contributed by atoms with E-state index < -0.39 is 15.4 Å². The van der Waals surface area contributed by atoms with Gasteiger partial charge < -0.3 is 4.90 Å². The molecule has 4 nitrogen and oxygen atoms in total. The second-order valence-corrected chi connectivity index (χ2v) is 9.18. The molecule has 0 aliphatic carbocycles. The van der Waals surface area contributed by atoms with Gasteiger partial charge in [0.1, 0.15) is 9.84 Å². The number of rotatable bonds is 5. The number of carbonyl (C=O) groups excluding carboxylic acids is 1. The van der Waals surface area contributed by atoms with Crippen LogP contribution >= 0.6 is 0 Å². The Morgan fingerprint density at radius 3 is 2.09 bits per heavy atom. The molecule has 1 rings (SSSR count). The third-order valence-electron chi connectivity index (χ3n) is 3.71. The predicted molar refractivity (Wildman–Crippen MR) is 90.8 cm³/mol. The summed E-state index contributed by atoms with van der Waals surface area (Å²) in [7, 11) is -3.10. The molecule has 1 aromatic carbocycles. The fourth-order valence-electron chi connectivity index (χ4n) is 2.26. The van der Waals surface area contributed by atoms with Crippen LogP contribution in [0.2, 0.25) is 0 Å². The molecule has 0 aliphatic rings. The number of hydrogen-bond donors (Lipinski definition) is 0. The zero-order valence-corrected chi connectivity index (χ0v) is 15.2. The molecule has 5 heteroatoms. The third-order valence-corrected chi connectivity index (χ3v) is 4.63. The van der Waals surface area contributed by atoms with Crippen LogP contribution in [-0.4, -0.2) is 43.3 Å². The van der Waals surface area contributed by atoms with Crippen molar-refractivity contribution in [2.45, 2.75) is 46.1 Å². The van der Waals surface area contributed by atoms with Crippen LogP contribution in [0.3, 0.4) is 0 Å². The summed E-state index contributed by atoms with van der Waals surface area (Å²) in [5.41, 5.74) is 1.68. The monoisotopic (exact) mass is 325 g/mol. The molecular weight excluding hydrogens is 298 g/mol. The first-order valence-corrected chi connectivity index (χ1v) is 9.53. The van der Waals surface area contributed by atoms with Gasteiger partial charge in [0, 0.05) is 18.3 Å². The summed E-state index contributed by atoms with van der Waals surface area (Å²) in [4.78, 5) is 14.5. The minimum Gasteiger partial charge on any atom is -0.336 e. The van der Waals surface area contributed by atoms with Gasteiger partial charge in [0.05, 0.1) is 11.7 Å². The number of carbonyl (C=O) groups is 1. The number of hydrogen-bond acceptors (Lipinski definition) is 3. The first-order valence-electron chi connectivity index (χ1n) is 7.47. The van der Waals surface area contributed by atoms with Crippen LogP contribution in [0, 0.1) is 6.92 Å². The highest BCUT2D eigenvalue weighted by molar-refractivity contribution is 7.90. The molecule has 0 heterocycles. The van der Waals surface area contributed by atoms with Gasteiger partial charge in [-0.25, -0.2) is 8.42 Å². The third kappa shape index (κ3) is 5.44. The van der Waals surface area contributed by atoms with E-state index in [0.29, 0.717) is 0 Å². The van der Waals surface area contributed by atoms with Crippen molar-refractivity contribution in [3.05, 3.63) is 35.4 Å². The summed E-state index contributed by atoms with van der Waals surface area (Å²) >= 11 is 0. The quantitative estimate of drug-likeness (QED) is 0.836. The van der Waals surface area contributed by atoms with Crippen LogP contribution in [0.1, 0.15) is 44.7 Å². The highest BCUT2D eigenvalue weighted by atomic mass is 32.2. The minimum atomic E-state index is -3.10. The zero-order valence-electron chi connectivity index (χ0n) is 14.4. The Hall–Kier alpha value is -1.36. The maximum absolute atomic E-state index is 12.8. The lowest BCUT2D eigenvalue weighted by Crippen LogP contribution is -2.49. The molecule has 1 atom stereocenters. The van der Waals surface area contributed by atoms with Crippen LogP contribution in [0.5, 0.6) is 0 Å². The van der Waals surface area contributed by atoms with Crippen LogP contribution < -0.4 is 0 Å². The van der Waals surface area contributed by atoms with Crippen molar-refractivity contribution in [2.24, 2.45) is 0 Å². The van der Waals surface area contributed by atoms with E-state index in [1.807, 2.05) is 58.9 Å². The highest BCUT2D eigenvalue weighted by Gasteiger charge is 2.30. The number of sulfone groups is 1. The molecule has 0 saturated carbocycles. The molecule has 124 valence electrons. The molecule has 22 heavy (non-hydrogen) atoms. The Labute approximate surface area is 134 Å². The van der Waals surface area contributed by atoms with Crippen molar-refractivity contribution in [3.8, 4) is 0 Å². The van der Waals surface area contributed by atoms with Crippen LogP contribution in [0.25, 0.3) is 0 Å². The topological polar surface area (TPSA) is 54.5 Å². The number of benzene rings is 1. The number of amides is 1. The summed E-state index contributed by atoms with van der Waals surface area (Å²) in [6.45, 7) is 9.87. The van der Waals surface area contributed by atoms with Crippen molar-refractivity contribution >= 4 is 15.7 Å². The first-order chi connectivity index (χ1) is 9.92. The molecular formula is C17H27NO3S. The van der Waals surface area contributed by atoms with Crippen molar-refractivity contribution in [3.63, 3.8) is 0 Å². The summed E-state index contributed by atoms with van der Waals surface area (Å²) in [5, 5.41) is 0. The van der Waals surface area contributed by atoms with E-state index in [1.165, 1.54) is 6.26 Å². The van der Waals surface area contributed by atoms with Crippen molar-refractivity contribution in [1.82, 2.24) is 4.90 Å². The molecule has 1 amide bonds. The predicted octanol–water partition coefficient (Wildman–Crippen LogP) is 2.77. The van der Waals surface area contributed by atoms with E-state index in [4.69, 9.17) is 0 Å². The van der Waals surface area contributed by atoms with Gasteiger partial charge in [0.15, 0.2) is 0 Å². The SMILES string of the molecule is Cc1ccc([C@H](C)C(=O)N(CCS(C)(=O)=O)C(C)(C)C)cc1. The Kier molecular flexibility index (Phi) is 5.79. The Balaban J connectivity index is 2.98. The van der Waals surface area contributed by atoms with Crippen molar-refractivity contribution in [1.29, 1.82) is 0 Å². The van der Waals surface area contributed by atoms with Crippen LogP contribution in [0.15, 0.2) is 24.3 Å². The van der Waals surface area contributed by atoms with E-state index in [9.17, 15) is 13.2 Å².